The van der Waals surface area contributed by atoms with Crippen molar-refractivity contribution in [3.63, 3.8) is 0 Å². The number of amidine groups is 1. The van der Waals surface area contributed by atoms with Crippen LogP contribution in [0.25, 0.3) is 0 Å². The van der Waals surface area contributed by atoms with Gasteiger partial charge in [-0.2, -0.15) is 0 Å². The molecule has 1 aliphatic carbocycles. The summed E-state index contributed by atoms with van der Waals surface area (Å²) in [5.41, 5.74) is -1.21. The van der Waals surface area contributed by atoms with Crippen LogP contribution in [0.3, 0.4) is 0 Å². The lowest BCUT2D eigenvalue weighted by molar-refractivity contribution is -0.385. The van der Waals surface area contributed by atoms with E-state index in [0.29, 0.717) is 18.6 Å². The van der Waals surface area contributed by atoms with Gasteiger partial charge in [-0.1, -0.05) is 11.8 Å². The maximum absolute atomic E-state index is 14.7. The van der Waals surface area contributed by atoms with Crippen LogP contribution in [0.1, 0.15) is 24.8 Å². The number of halogens is 1. The Morgan fingerprint density at radius 2 is 2.31 bits per heavy atom. The van der Waals surface area contributed by atoms with E-state index in [1.165, 1.54) is 17.8 Å². The number of nitrogens with zero attached hydrogens (tertiary/aromatic N) is 2. The van der Waals surface area contributed by atoms with Gasteiger partial charge in [0.2, 0.25) is 0 Å². The fourth-order valence-corrected chi connectivity index (χ4v) is 4.89. The zero-order chi connectivity index (χ0) is 18.9. The molecule has 1 aromatic carbocycles. The first-order valence-electron chi connectivity index (χ1n) is 8.05. The van der Waals surface area contributed by atoms with Crippen LogP contribution >= 0.6 is 11.8 Å². The van der Waals surface area contributed by atoms with Crippen LogP contribution in [-0.4, -0.2) is 40.3 Å². The van der Waals surface area contributed by atoms with Crippen molar-refractivity contribution in [2.75, 3.05) is 12.9 Å². The van der Waals surface area contributed by atoms with Crippen LogP contribution in [0, 0.1) is 21.8 Å². The van der Waals surface area contributed by atoms with Gasteiger partial charge >= 0.3 is 6.09 Å². The molecule has 3 rings (SSSR count). The van der Waals surface area contributed by atoms with E-state index in [1.54, 1.807) is 7.11 Å². The molecule has 1 amide bonds. The van der Waals surface area contributed by atoms with Gasteiger partial charge in [0.15, 0.2) is 5.17 Å². The van der Waals surface area contributed by atoms with Crippen molar-refractivity contribution in [1.29, 1.82) is 0 Å². The number of carbonyl (C=O) groups is 1. The summed E-state index contributed by atoms with van der Waals surface area (Å²) in [5, 5.41) is 22.6. The lowest BCUT2D eigenvalue weighted by Crippen LogP contribution is -2.48. The molecule has 3 atom stereocenters. The number of aliphatic imine (C=N–C) groups is 1. The number of benzene rings is 1. The summed E-state index contributed by atoms with van der Waals surface area (Å²) in [4.78, 5) is 26.1. The number of hydrogen-bond donors (Lipinski definition) is 2. The van der Waals surface area contributed by atoms with Crippen molar-refractivity contribution in [3.05, 3.63) is 39.7 Å². The standard InChI is InChI=1S/C16H18FN3O5S/c1-25-11-4-2-9-8-26-14(18-15(21)22)19-16(9,7-11)12-6-10(20(23)24)3-5-13(12)17/h3,5-6,9,11H,2,4,7-8H2,1H3,(H,18,19)(H,21,22). The molecule has 140 valence electrons. The maximum atomic E-state index is 14.7. The summed E-state index contributed by atoms with van der Waals surface area (Å²) in [6.45, 7) is 0. The minimum Gasteiger partial charge on any atom is -0.465 e. The molecule has 0 spiro atoms. The van der Waals surface area contributed by atoms with Crippen molar-refractivity contribution in [2.45, 2.75) is 30.9 Å². The molecule has 3 unspecified atom stereocenters. The van der Waals surface area contributed by atoms with E-state index in [1.807, 2.05) is 0 Å². The number of carboxylic acid groups (broad SMARTS) is 1. The molecule has 8 nitrogen and oxygen atoms in total. The highest BCUT2D eigenvalue weighted by Gasteiger charge is 2.49. The highest BCUT2D eigenvalue weighted by Crippen LogP contribution is 2.50. The fourth-order valence-electron chi connectivity index (χ4n) is 3.70. The number of thioether (sulfide) groups is 1. The van der Waals surface area contributed by atoms with Gasteiger partial charge in [0, 0.05) is 37.0 Å². The molecule has 1 saturated carbocycles. The van der Waals surface area contributed by atoms with Crippen LogP contribution in [0.15, 0.2) is 23.2 Å². The second-order valence-electron chi connectivity index (χ2n) is 6.34. The number of fused-ring (bicyclic) bond motifs is 1. The predicted molar refractivity (Wildman–Crippen MR) is 93.9 cm³/mol. The predicted octanol–water partition coefficient (Wildman–Crippen LogP) is 3.11. The summed E-state index contributed by atoms with van der Waals surface area (Å²) in [5.74, 6) is -0.130. The third-order valence-electron chi connectivity index (χ3n) is 4.95. The normalized spacial score (nSPS) is 28.0. The zero-order valence-electron chi connectivity index (χ0n) is 14.0. The second kappa shape index (κ2) is 7.20. The van der Waals surface area contributed by atoms with Gasteiger partial charge < -0.3 is 9.84 Å². The van der Waals surface area contributed by atoms with Crippen molar-refractivity contribution in [2.24, 2.45) is 10.9 Å². The lowest BCUT2D eigenvalue weighted by Gasteiger charge is -2.46. The molecule has 2 aliphatic rings. The van der Waals surface area contributed by atoms with Crippen LogP contribution in [0.2, 0.25) is 0 Å². The van der Waals surface area contributed by atoms with Gasteiger partial charge in [-0.15, -0.1) is 0 Å². The van der Waals surface area contributed by atoms with E-state index >= 15 is 0 Å². The number of ether oxygens (including phenoxy) is 1. The number of methoxy groups -OCH3 is 1. The topological polar surface area (TPSA) is 114 Å². The highest BCUT2D eigenvalue weighted by atomic mass is 32.2. The van der Waals surface area contributed by atoms with Crippen molar-refractivity contribution < 1.29 is 24.0 Å². The number of nitro groups is 1. The van der Waals surface area contributed by atoms with Crippen molar-refractivity contribution in [3.8, 4) is 0 Å². The Bertz CT molecular complexity index is 774. The Morgan fingerprint density at radius 1 is 1.54 bits per heavy atom. The maximum Gasteiger partial charge on any atom is 0.410 e. The van der Waals surface area contributed by atoms with Gasteiger partial charge in [0.1, 0.15) is 5.82 Å². The Morgan fingerprint density at radius 3 is 2.96 bits per heavy atom. The number of nitro benzene ring substituents is 1. The third-order valence-corrected chi connectivity index (χ3v) is 5.98. The molecule has 0 radical (unpaired) electrons. The smallest absolute Gasteiger partial charge is 0.410 e. The molecular weight excluding hydrogens is 365 g/mol. The molecule has 1 aliphatic heterocycles. The lowest BCUT2D eigenvalue weighted by atomic mass is 9.68. The molecule has 1 fully saturated rings. The molecule has 1 heterocycles. The van der Waals surface area contributed by atoms with Crippen molar-refractivity contribution in [1.82, 2.24) is 5.32 Å². The minimum absolute atomic E-state index is 0.0743. The number of amides is 1. The summed E-state index contributed by atoms with van der Waals surface area (Å²) in [6, 6.07) is 3.38. The number of hydrogen-bond acceptors (Lipinski definition) is 6. The van der Waals surface area contributed by atoms with E-state index in [0.717, 1.165) is 18.6 Å². The third kappa shape index (κ3) is 3.38. The van der Waals surface area contributed by atoms with E-state index in [2.05, 4.69) is 10.3 Å². The fraction of sp³-hybridized carbons (Fsp3) is 0.500. The van der Waals surface area contributed by atoms with Gasteiger partial charge in [-0.25, -0.2) is 9.18 Å². The van der Waals surface area contributed by atoms with Crippen LogP contribution in [0.5, 0.6) is 0 Å². The molecule has 1 aromatic rings. The quantitative estimate of drug-likeness (QED) is 0.612. The highest BCUT2D eigenvalue weighted by molar-refractivity contribution is 8.13. The number of nitrogens with one attached hydrogen (secondary N) is 1. The zero-order valence-corrected chi connectivity index (χ0v) is 14.8. The largest absolute Gasteiger partial charge is 0.465 e. The molecule has 2 N–H and O–H groups in total. The monoisotopic (exact) mass is 383 g/mol. The van der Waals surface area contributed by atoms with Gasteiger partial charge in [-0.05, 0) is 24.8 Å². The Labute approximate surface area is 153 Å². The van der Waals surface area contributed by atoms with E-state index in [-0.39, 0.29) is 28.4 Å². The SMILES string of the molecule is COC1CCC2CSC(NC(=O)O)=NC2(c2cc([N+](=O)[O-])ccc2F)C1. The Kier molecular flexibility index (Phi) is 5.15. The minimum atomic E-state index is -1.26. The summed E-state index contributed by atoms with van der Waals surface area (Å²) < 4.78 is 20.2. The average Bonchev–Trinajstić information content (AvgIpc) is 2.60. The Hall–Kier alpha value is -2.20. The van der Waals surface area contributed by atoms with Gasteiger partial charge in [-0.3, -0.25) is 20.4 Å². The number of rotatable bonds is 3. The first kappa shape index (κ1) is 18.6. The van der Waals surface area contributed by atoms with E-state index < -0.39 is 22.4 Å². The van der Waals surface area contributed by atoms with Crippen molar-refractivity contribution >= 4 is 28.7 Å². The molecule has 0 aromatic heterocycles. The van der Waals surface area contributed by atoms with Crippen LogP contribution < -0.4 is 5.32 Å². The van der Waals surface area contributed by atoms with E-state index in [4.69, 9.17) is 9.84 Å². The van der Waals surface area contributed by atoms with E-state index in [9.17, 15) is 19.3 Å². The Balaban J connectivity index is 2.16. The first-order chi connectivity index (χ1) is 12.4. The molecule has 0 saturated heterocycles. The molecule has 10 heteroatoms. The van der Waals surface area contributed by atoms with Gasteiger partial charge in [0.25, 0.3) is 5.69 Å². The second-order valence-corrected chi connectivity index (χ2v) is 7.35. The molecule has 26 heavy (non-hydrogen) atoms. The molecule has 0 bridgehead atoms. The summed E-state index contributed by atoms with van der Waals surface area (Å²) >= 11 is 1.26. The van der Waals surface area contributed by atoms with Crippen LogP contribution in [-0.2, 0) is 10.3 Å². The summed E-state index contributed by atoms with van der Waals surface area (Å²) in [6.07, 6.45) is 0.359. The first-order valence-corrected chi connectivity index (χ1v) is 9.04. The summed E-state index contributed by atoms with van der Waals surface area (Å²) in [7, 11) is 1.56. The molecular formula is C16H18FN3O5S. The average molecular weight is 383 g/mol. The van der Waals surface area contributed by atoms with Gasteiger partial charge in [0.05, 0.1) is 16.6 Å². The van der Waals surface area contributed by atoms with Crippen LogP contribution in [0.4, 0.5) is 14.9 Å². The number of non-ortho nitro benzene ring substituents is 1.